The molecule has 0 aromatic carbocycles. The number of nitrogens with zero attached hydrogens (tertiary/aromatic N) is 5. The summed E-state index contributed by atoms with van der Waals surface area (Å²) in [5.74, 6) is 3.46. The molecule has 1 saturated heterocycles. The molecule has 0 aliphatic carbocycles. The molecule has 4 rings (SSSR count). The molecule has 0 spiro atoms. The molecule has 41 heavy (non-hydrogen) atoms. The second-order valence-corrected chi connectivity index (χ2v) is 17.3. The maximum absolute atomic E-state index is 12.8. The predicted octanol–water partition coefficient (Wildman–Crippen LogP) is 6.44. The molecule has 0 radical (unpaired) electrons. The number of likely N-dealkylation sites (tertiary alicyclic amines) is 1. The smallest absolute Gasteiger partial charge is 0.327 e. The van der Waals surface area contributed by atoms with Crippen LogP contribution >= 0.6 is 0 Å². The fourth-order valence-corrected chi connectivity index (χ4v) is 5.31. The number of aromatic nitrogens is 4. The van der Waals surface area contributed by atoms with E-state index in [0.717, 1.165) is 11.3 Å². The number of hydrogen-bond donors (Lipinski definition) is 1. The SMILES string of the molecule is Cc1nc(NC(=O)N2CCC(C)(C)C2=C=O)ccc1Oc1ccnc(-c2cnn(CCO[Si](C)(C)C(C)(C)C)c2)c1. The highest BCUT2D eigenvalue weighted by Crippen LogP contribution is 2.38. The lowest BCUT2D eigenvalue weighted by Gasteiger charge is -2.36. The zero-order valence-electron chi connectivity index (χ0n) is 25.2. The number of carbonyl (C=O) groups is 1. The summed E-state index contributed by atoms with van der Waals surface area (Å²) in [7, 11) is -1.81. The third-order valence-corrected chi connectivity index (χ3v) is 12.5. The van der Waals surface area contributed by atoms with Gasteiger partial charge in [0.15, 0.2) is 8.32 Å². The van der Waals surface area contributed by atoms with Crippen LogP contribution in [0.15, 0.2) is 48.6 Å². The molecule has 1 aliphatic rings. The molecule has 0 unspecified atom stereocenters. The van der Waals surface area contributed by atoms with Crippen LogP contribution in [0, 0.1) is 12.3 Å². The van der Waals surface area contributed by atoms with Crippen molar-refractivity contribution < 1.29 is 18.8 Å². The van der Waals surface area contributed by atoms with Gasteiger partial charge in [0.2, 0.25) is 0 Å². The van der Waals surface area contributed by atoms with Gasteiger partial charge in [-0.2, -0.15) is 5.10 Å². The first-order chi connectivity index (χ1) is 19.2. The Morgan fingerprint density at radius 2 is 1.98 bits per heavy atom. The molecular weight excluding hydrogens is 536 g/mol. The van der Waals surface area contributed by atoms with Gasteiger partial charge in [-0.3, -0.25) is 19.9 Å². The van der Waals surface area contributed by atoms with E-state index in [9.17, 15) is 9.59 Å². The first-order valence-corrected chi connectivity index (χ1v) is 16.7. The van der Waals surface area contributed by atoms with Crippen molar-refractivity contribution >= 4 is 26.1 Å². The van der Waals surface area contributed by atoms with Crippen LogP contribution in [0.4, 0.5) is 10.6 Å². The van der Waals surface area contributed by atoms with Crippen molar-refractivity contribution in [2.75, 3.05) is 18.5 Å². The van der Waals surface area contributed by atoms with Crippen LogP contribution in [0.3, 0.4) is 0 Å². The Bertz CT molecular complexity index is 1470. The normalized spacial score (nSPS) is 15.1. The summed E-state index contributed by atoms with van der Waals surface area (Å²) in [6.07, 6.45) is 6.13. The van der Waals surface area contributed by atoms with Gasteiger partial charge < -0.3 is 9.16 Å². The number of pyridine rings is 2. The van der Waals surface area contributed by atoms with Crippen LogP contribution < -0.4 is 10.1 Å². The summed E-state index contributed by atoms with van der Waals surface area (Å²) in [5.41, 5.74) is 2.18. The lowest BCUT2D eigenvalue weighted by Crippen LogP contribution is -2.41. The van der Waals surface area contributed by atoms with E-state index in [-0.39, 0.29) is 10.5 Å². The van der Waals surface area contributed by atoms with Gasteiger partial charge in [0.1, 0.15) is 29.0 Å². The van der Waals surface area contributed by atoms with Crippen LogP contribution in [0.25, 0.3) is 11.3 Å². The van der Waals surface area contributed by atoms with Gasteiger partial charge in [0.25, 0.3) is 0 Å². The molecule has 0 atom stereocenters. The average molecular weight is 577 g/mol. The number of amides is 2. The average Bonchev–Trinajstić information content (AvgIpc) is 3.48. The molecule has 0 saturated carbocycles. The first-order valence-electron chi connectivity index (χ1n) is 13.8. The Morgan fingerprint density at radius 1 is 1.22 bits per heavy atom. The van der Waals surface area contributed by atoms with Crippen LogP contribution in [0.2, 0.25) is 18.1 Å². The third-order valence-electron chi connectivity index (χ3n) is 7.96. The van der Waals surface area contributed by atoms with Gasteiger partial charge in [0, 0.05) is 36.0 Å². The molecule has 2 amide bonds. The largest absolute Gasteiger partial charge is 0.455 e. The van der Waals surface area contributed by atoms with Crippen LogP contribution in [-0.2, 0) is 15.8 Å². The van der Waals surface area contributed by atoms with E-state index >= 15 is 0 Å². The number of urea groups is 1. The fraction of sp³-hybridized carbons (Fsp3) is 0.467. The monoisotopic (exact) mass is 576 g/mol. The summed E-state index contributed by atoms with van der Waals surface area (Å²) in [4.78, 5) is 34.7. The molecular formula is C30H40N6O4Si. The highest BCUT2D eigenvalue weighted by atomic mass is 28.4. The Balaban J connectivity index is 1.38. The van der Waals surface area contributed by atoms with Gasteiger partial charge in [-0.1, -0.05) is 34.6 Å². The van der Waals surface area contributed by atoms with Crippen molar-refractivity contribution in [2.24, 2.45) is 5.41 Å². The van der Waals surface area contributed by atoms with E-state index in [1.165, 1.54) is 4.90 Å². The lowest BCUT2D eigenvalue weighted by molar-refractivity contribution is 0.228. The Kier molecular flexibility index (Phi) is 8.53. The minimum absolute atomic E-state index is 0.165. The lowest BCUT2D eigenvalue weighted by atomic mass is 9.90. The Hall–Kier alpha value is -3.79. The molecule has 1 fully saturated rings. The summed E-state index contributed by atoms with van der Waals surface area (Å²) in [6.45, 7) is 18.6. The number of anilines is 1. The molecule has 1 aliphatic heterocycles. The predicted molar refractivity (Wildman–Crippen MR) is 161 cm³/mol. The maximum Gasteiger partial charge on any atom is 0.327 e. The first kappa shape index (κ1) is 30.2. The van der Waals surface area contributed by atoms with E-state index in [4.69, 9.17) is 9.16 Å². The Labute approximate surface area is 242 Å². The number of rotatable bonds is 8. The standard InChI is InChI=1S/C30H40N6O4Si/c1-21-25(9-10-27(33-21)34-28(38)36-14-12-30(5,6)26(36)20-37)40-23-11-13-31-24(17-23)22-18-32-35(19-22)15-16-39-41(7,8)29(2,3)4/h9-11,13,17-19H,12,14-16H2,1-8H3,(H,33,34,38). The topological polar surface area (TPSA) is 111 Å². The molecule has 1 N–H and O–H groups in total. The molecule has 3 aromatic rings. The van der Waals surface area contributed by atoms with E-state index in [0.29, 0.717) is 54.8 Å². The zero-order valence-corrected chi connectivity index (χ0v) is 26.2. The van der Waals surface area contributed by atoms with Crippen molar-refractivity contribution in [3.05, 3.63) is 54.2 Å². The number of carbonyl (C=O) groups excluding carboxylic acids is 2. The van der Waals surface area contributed by atoms with E-state index < -0.39 is 14.3 Å². The third kappa shape index (κ3) is 6.93. The van der Waals surface area contributed by atoms with E-state index in [1.807, 2.05) is 36.7 Å². The second kappa shape index (κ2) is 11.6. The summed E-state index contributed by atoms with van der Waals surface area (Å²) < 4.78 is 14.3. The van der Waals surface area contributed by atoms with Crippen LogP contribution in [-0.4, -0.2) is 58.1 Å². The minimum Gasteiger partial charge on any atom is -0.455 e. The van der Waals surface area contributed by atoms with Gasteiger partial charge in [-0.15, -0.1) is 0 Å². The van der Waals surface area contributed by atoms with Crippen molar-refractivity contribution in [1.29, 1.82) is 0 Å². The zero-order chi connectivity index (χ0) is 30.0. The van der Waals surface area contributed by atoms with Crippen LogP contribution in [0.5, 0.6) is 11.5 Å². The van der Waals surface area contributed by atoms with E-state index in [2.05, 4.69) is 54.2 Å². The number of aryl methyl sites for hydroxylation is 1. The van der Waals surface area contributed by atoms with Crippen molar-refractivity contribution in [3.8, 4) is 22.8 Å². The van der Waals surface area contributed by atoms with Crippen molar-refractivity contribution in [3.63, 3.8) is 0 Å². The minimum atomic E-state index is -1.81. The van der Waals surface area contributed by atoms with E-state index in [1.54, 1.807) is 37.5 Å². The molecule has 218 valence electrons. The summed E-state index contributed by atoms with van der Waals surface area (Å²) >= 11 is 0. The van der Waals surface area contributed by atoms with Gasteiger partial charge in [0.05, 0.1) is 30.7 Å². The number of ether oxygens (including phenoxy) is 1. The Morgan fingerprint density at radius 3 is 2.66 bits per heavy atom. The summed E-state index contributed by atoms with van der Waals surface area (Å²) in [5, 5.41) is 7.42. The van der Waals surface area contributed by atoms with Gasteiger partial charge in [-0.05, 0) is 49.7 Å². The molecule has 10 nitrogen and oxygen atoms in total. The maximum atomic E-state index is 12.8. The summed E-state index contributed by atoms with van der Waals surface area (Å²) in [6, 6.07) is 6.65. The fourth-order valence-electron chi connectivity index (χ4n) is 4.27. The van der Waals surface area contributed by atoms with Gasteiger partial charge in [-0.25, -0.2) is 14.6 Å². The highest BCUT2D eigenvalue weighted by Gasteiger charge is 2.39. The number of nitrogens with one attached hydrogen (secondary N) is 1. The molecule has 4 heterocycles. The molecule has 0 bridgehead atoms. The number of allylic oxidation sites excluding steroid dienone is 1. The second-order valence-electron chi connectivity index (χ2n) is 12.5. The van der Waals surface area contributed by atoms with Crippen molar-refractivity contribution in [1.82, 2.24) is 24.6 Å². The van der Waals surface area contributed by atoms with Crippen molar-refractivity contribution in [2.45, 2.75) is 72.6 Å². The quantitative estimate of drug-likeness (QED) is 0.243. The highest BCUT2D eigenvalue weighted by molar-refractivity contribution is 6.74. The number of hydrogen-bond acceptors (Lipinski definition) is 7. The van der Waals surface area contributed by atoms with Crippen LogP contribution in [0.1, 0.15) is 46.7 Å². The molecule has 11 heteroatoms. The van der Waals surface area contributed by atoms with Gasteiger partial charge >= 0.3 is 6.03 Å². The molecule has 3 aromatic heterocycles.